The third-order valence-corrected chi connectivity index (χ3v) is 2.99. The topological polar surface area (TPSA) is 21.3 Å². The Morgan fingerprint density at radius 1 is 1.47 bits per heavy atom. The van der Waals surface area contributed by atoms with Crippen LogP contribution in [0, 0.1) is 5.92 Å². The lowest BCUT2D eigenvalue weighted by Crippen LogP contribution is -2.15. The molecule has 1 aromatic rings. The molecule has 4 heteroatoms. The van der Waals surface area contributed by atoms with Gasteiger partial charge in [-0.15, -0.1) is 0 Å². The minimum Gasteiger partial charge on any atom is -0.493 e. The van der Waals surface area contributed by atoms with E-state index in [1.807, 2.05) is 0 Å². The molecule has 1 unspecified atom stereocenters. The third kappa shape index (κ3) is 3.40. The number of ether oxygens (including phenoxy) is 1. The zero-order valence-electron chi connectivity index (χ0n) is 9.88. The number of hydrogen-bond acceptors (Lipinski definition) is 2. The molecule has 1 N–H and O–H groups in total. The molecule has 0 aromatic heterocycles. The average molecular weight is 241 g/mol. The fraction of sp³-hybridized carbons (Fsp3) is 0.538. The van der Waals surface area contributed by atoms with E-state index in [2.05, 4.69) is 5.32 Å². The number of rotatable bonds is 4. The van der Waals surface area contributed by atoms with E-state index in [9.17, 15) is 8.78 Å². The molecule has 1 aromatic carbocycles. The molecular weight excluding hydrogens is 224 g/mol. The normalized spacial score (nSPS) is 20.5. The largest absolute Gasteiger partial charge is 0.493 e. The number of benzene rings is 1. The summed E-state index contributed by atoms with van der Waals surface area (Å²) in [4.78, 5) is 0. The lowest BCUT2D eigenvalue weighted by Gasteiger charge is -2.14. The van der Waals surface area contributed by atoms with Crippen LogP contribution in [-0.2, 0) is 5.92 Å². The van der Waals surface area contributed by atoms with Gasteiger partial charge in [-0.25, -0.2) is 8.78 Å². The number of halogens is 2. The Morgan fingerprint density at radius 3 is 2.94 bits per heavy atom. The zero-order chi connectivity index (χ0) is 12.3. The van der Waals surface area contributed by atoms with E-state index < -0.39 is 5.92 Å². The van der Waals surface area contributed by atoms with Crippen molar-refractivity contribution in [1.82, 2.24) is 5.32 Å². The molecule has 2 rings (SSSR count). The molecular formula is C13H17F2NO. The number of hydrogen-bond donors (Lipinski definition) is 1. The predicted octanol–water partition coefficient (Wildman–Crippen LogP) is 2.79. The van der Waals surface area contributed by atoms with Crippen molar-refractivity contribution < 1.29 is 13.5 Å². The molecule has 1 saturated heterocycles. The lowest BCUT2D eigenvalue weighted by atomic mass is 10.1. The van der Waals surface area contributed by atoms with E-state index in [1.54, 1.807) is 12.1 Å². The highest BCUT2D eigenvalue weighted by atomic mass is 19.3. The van der Waals surface area contributed by atoms with Gasteiger partial charge in [0.1, 0.15) is 5.75 Å². The van der Waals surface area contributed by atoms with Crippen molar-refractivity contribution in [3.8, 4) is 5.75 Å². The van der Waals surface area contributed by atoms with Gasteiger partial charge in [0.05, 0.1) is 6.61 Å². The van der Waals surface area contributed by atoms with Crippen LogP contribution in [0.4, 0.5) is 8.78 Å². The van der Waals surface area contributed by atoms with Crippen molar-refractivity contribution in [2.45, 2.75) is 19.3 Å². The molecule has 0 radical (unpaired) electrons. The second-order valence-electron chi connectivity index (χ2n) is 4.59. The van der Waals surface area contributed by atoms with Crippen LogP contribution in [0.25, 0.3) is 0 Å². The minimum absolute atomic E-state index is 0.000420. The molecule has 2 nitrogen and oxygen atoms in total. The quantitative estimate of drug-likeness (QED) is 0.875. The molecule has 0 spiro atoms. The Labute approximate surface area is 100.0 Å². The first-order chi connectivity index (χ1) is 8.05. The zero-order valence-corrected chi connectivity index (χ0v) is 9.88. The summed E-state index contributed by atoms with van der Waals surface area (Å²) in [5.74, 6) is -1.80. The van der Waals surface area contributed by atoms with Gasteiger partial charge in [0.15, 0.2) is 0 Å². The summed E-state index contributed by atoms with van der Waals surface area (Å²) in [5, 5.41) is 3.24. The maximum absolute atomic E-state index is 13.1. The SMILES string of the molecule is CC(F)(F)c1cccc(OCC2CCNC2)c1. The minimum atomic E-state index is -2.81. The van der Waals surface area contributed by atoms with Crippen LogP contribution in [0.3, 0.4) is 0 Å². The van der Waals surface area contributed by atoms with E-state index in [-0.39, 0.29) is 5.56 Å². The molecule has 1 heterocycles. The van der Waals surface area contributed by atoms with Crippen molar-refractivity contribution in [3.05, 3.63) is 29.8 Å². The Hall–Kier alpha value is -1.16. The predicted molar refractivity (Wildman–Crippen MR) is 62.5 cm³/mol. The van der Waals surface area contributed by atoms with E-state index in [4.69, 9.17) is 4.74 Å². The van der Waals surface area contributed by atoms with Crippen molar-refractivity contribution in [1.29, 1.82) is 0 Å². The molecule has 0 bridgehead atoms. The van der Waals surface area contributed by atoms with Crippen LogP contribution in [0.5, 0.6) is 5.75 Å². The van der Waals surface area contributed by atoms with Crippen molar-refractivity contribution in [3.63, 3.8) is 0 Å². The highest BCUT2D eigenvalue weighted by molar-refractivity contribution is 5.30. The van der Waals surface area contributed by atoms with Crippen LogP contribution in [-0.4, -0.2) is 19.7 Å². The van der Waals surface area contributed by atoms with E-state index in [0.29, 0.717) is 18.3 Å². The molecule has 94 valence electrons. The molecule has 1 atom stereocenters. The maximum Gasteiger partial charge on any atom is 0.270 e. The van der Waals surface area contributed by atoms with Gasteiger partial charge in [0.2, 0.25) is 0 Å². The first-order valence-corrected chi connectivity index (χ1v) is 5.87. The standard InChI is InChI=1S/C13H17F2NO/c1-13(14,15)11-3-2-4-12(7-11)17-9-10-5-6-16-8-10/h2-4,7,10,16H,5-6,8-9H2,1H3. The van der Waals surface area contributed by atoms with Crippen molar-refractivity contribution in [2.75, 3.05) is 19.7 Å². The first kappa shape index (κ1) is 12.3. The van der Waals surface area contributed by atoms with Crippen LogP contribution < -0.4 is 10.1 Å². The van der Waals surface area contributed by atoms with Crippen LogP contribution >= 0.6 is 0 Å². The van der Waals surface area contributed by atoms with Gasteiger partial charge < -0.3 is 10.1 Å². The van der Waals surface area contributed by atoms with Crippen LogP contribution in [0.1, 0.15) is 18.9 Å². The fourth-order valence-electron chi connectivity index (χ4n) is 1.93. The number of nitrogens with one attached hydrogen (secondary N) is 1. The van der Waals surface area contributed by atoms with Gasteiger partial charge in [-0.1, -0.05) is 12.1 Å². The van der Waals surface area contributed by atoms with Gasteiger partial charge in [0.25, 0.3) is 5.92 Å². The Balaban J connectivity index is 1.96. The number of alkyl halides is 2. The lowest BCUT2D eigenvalue weighted by molar-refractivity contribution is 0.0172. The molecule has 1 aliphatic heterocycles. The summed E-state index contributed by atoms with van der Waals surface area (Å²) in [7, 11) is 0. The Morgan fingerprint density at radius 2 is 2.29 bits per heavy atom. The molecule has 0 aliphatic carbocycles. The van der Waals surface area contributed by atoms with Gasteiger partial charge in [-0.05, 0) is 25.1 Å². The van der Waals surface area contributed by atoms with E-state index in [1.165, 1.54) is 12.1 Å². The summed E-state index contributed by atoms with van der Waals surface area (Å²) in [6, 6.07) is 6.17. The van der Waals surface area contributed by atoms with Gasteiger partial charge >= 0.3 is 0 Å². The van der Waals surface area contributed by atoms with Gasteiger partial charge in [0, 0.05) is 24.9 Å². The van der Waals surface area contributed by atoms with Gasteiger partial charge in [-0.2, -0.15) is 0 Å². The third-order valence-electron chi connectivity index (χ3n) is 2.99. The molecule has 0 amide bonds. The summed E-state index contributed by atoms with van der Waals surface area (Å²) < 4.78 is 31.8. The second-order valence-corrected chi connectivity index (χ2v) is 4.59. The van der Waals surface area contributed by atoms with E-state index >= 15 is 0 Å². The maximum atomic E-state index is 13.1. The highest BCUT2D eigenvalue weighted by Crippen LogP contribution is 2.29. The molecule has 1 fully saturated rings. The summed E-state index contributed by atoms with van der Waals surface area (Å²) in [6.07, 6.45) is 1.09. The fourth-order valence-corrected chi connectivity index (χ4v) is 1.93. The second kappa shape index (κ2) is 5.00. The average Bonchev–Trinajstić information content (AvgIpc) is 2.78. The van der Waals surface area contributed by atoms with E-state index in [0.717, 1.165) is 26.4 Å². The molecule has 0 saturated carbocycles. The van der Waals surface area contributed by atoms with Crippen LogP contribution in [0.2, 0.25) is 0 Å². The Bertz CT molecular complexity index is 370. The van der Waals surface area contributed by atoms with Crippen LogP contribution in [0.15, 0.2) is 24.3 Å². The molecule has 17 heavy (non-hydrogen) atoms. The highest BCUT2D eigenvalue weighted by Gasteiger charge is 2.24. The van der Waals surface area contributed by atoms with Gasteiger partial charge in [-0.3, -0.25) is 0 Å². The smallest absolute Gasteiger partial charge is 0.270 e. The Kier molecular flexibility index (Phi) is 3.62. The summed E-state index contributed by atoms with van der Waals surface area (Å²) in [5.41, 5.74) is -0.000420. The van der Waals surface area contributed by atoms with Crippen molar-refractivity contribution >= 4 is 0 Å². The molecule has 1 aliphatic rings. The monoisotopic (exact) mass is 241 g/mol. The van der Waals surface area contributed by atoms with Crippen molar-refractivity contribution in [2.24, 2.45) is 5.92 Å². The summed E-state index contributed by atoms with van der Waals surface area (Å²) in [6.45, 7) is 3.45. The first-order valence-electron chi connectivity index (χ1n) is 5.87. The summed E-state index contributed by atoms with van der Waals surface area (Å²) >= 11 is 0.